The maximum atomic E-state index is 12.7. The molecule has 30 heavy (non-hydrogen) atoms. The number of carbonyl (C=O) groups excluding carboxylic acids is 1. The number of hydrogen-bond donors (Lipinski definition) is 4. The molecule has 4 rings (SSSR count). The molecular formula is C20H22N4O6. The van der Waals surface area contributed by atoms with Crippen LogP contribution in [0.5, 0.6) is 0 Å². The molecule has 1 saturated carbocycles. The van der Waals surface area contributed by atoms with Crippen molar-refractivity contribution in [2.45, 2.75) is 50.2 Å². The van der Waals surface area contributed by atoms with E-state index in [1.165, 1.54) is 10.8 Å². The lowest BCUT2D eigenvalue weighted by atomic mass is 9.78. The van der Waals surface area contributed by atoms with E-state index < -0.39 is 29.3 Å². The molecule has 4 atom stereocenters. The van der Waals surface area contributed by atoms with Gasteiger partial charge < -0.3 is 20.7 Å². The average Bonchev–Trinajstić information content (AvgIpc) is 3.08. The van der Waals surface area contributed by atoms with Gasteiger partial charge in [0.1, 0.15) is 17.4 Å². The summed E-state index contributed by atoms with van der Waals surface area (Å²) in [6.45, 7) is -0.217. The highest BCUT2D eigenvalue weighted by atomic mass is 16.5. The van der Waals surface area contributed by atoms with Crippen molar-refractivity contribution in [2.75, 3.05) is 6.61 Å². The number of nitrogens with one attached hydrogen (secondary N) is 1. The predicted octanol–water partition coefficient (Wildman–Crippen LogP) is -0.344. The third-order valence-electron chi connectivity index (χ3n) is 6.17. The molecule has 1 fully saturated rings. The normalized spacial score (nSPS) is 28.9. The van der Waals surface area contributed by atoms with E-state index in [-0.39, 0.29) is 53.7 Å². The van der Waals surface area contributed by atoms with E-state index in [0.29, 0.717) is 25.0 Å². The molecule has 0 amide bonds. The number of aliphatic hydroxyl groups is 2. The van der Waals surface area contributed by atoms with Gasteiger partial charge in [-0.05, 0) is 19.3 Å². The number of nitriles is 1. The maximum absolute atomic E-state index is 12.7. The molecule has 158 valence electrons. The quantitative estimate of drug-likeness (QED) is 0.520. The summed E-state index contributed by atoms with van der Waals surface area (Å²) in [6.07, 6.45) is 2.46. The van der Waals surface area contributed by atoms with E-state index in [1.54, 1.807) is 0 Å². The zero-order valence-electron chi connectivity index (χ0n) is 16.1. The van der Waals surface area contributed by atoms with Crippen LogP contribution in [0.2, 0.25) is 0 Å². The minimum atomic E-state index is -1.03. The van der Waals surface area contributed by atoms with Gasteiger partial charge in [0.15, 0.2) is 5.78 Å². The summed E-state index contributed by atoms with van der Waals surface area (Å²) < 4.78 is 6.80. The minimum Gasteiger partial charge on any atom is -0.444 e. The van der Waals surface area contributed by atoms with E-state index in [9.17, 15) is 29.9 Å². The number of aromatic nitrogens is 2. The average molecular weight is 414 g/mol. The molecule has 5 N–H and O–H groups in total. The summed E-state index contributed by atoms with van der Waals surface area (Å²) in [4.78, 5) is 40.2. The molecule has 0 bridgehead atoms. The lowest BCUT2D eigenvalue weighted by molar-refractivity contribution is -0.116. The minimum absolute atomic E-state index is 0.0436. The van der Waals surface area contributed by atoms with Crippen molar-refractivity contribution in [1.82, 2.24) is 9.55 Å². The standard InChI is InChI=1S/C20H22N4O6/c21-6-11-16(17-13(26)2-1-3-15(17)30-18(11)22)12-7-24(20(29)23-19(12)28)10-4-9(8-25)14(27)5-10/h7,9-10,14,16,25,27H,1-5,8,22H2,(H,23,28,29). The summed E-state index contributed by atoms with van der Waals surface area (Å²) in [5.41, 5.74) is 4.75. The highest BCUT2D eigenvalue weighted by Crippen LogP contribution is 2.42. The highest BCUT2D eigenvalue weighted by Gasteiger charge is 2.40. The topological polar surface area (TPSA) is 171 Å². The van der Waals surface area contributed by atoms with Gasteiger partial charge in [0.25, 0.3) is 5.56 Å². The molecule has 2 heterocycles. The second-order valence-corrected chi connectivity index (χ2v) is 7.92. The number of Topliss-reactive ketones (excluding diaryl/α,β-unsaturated/α-hetero) is 1. The number of allylic oxidation sites excluding steroid dienone is 3. The highest BCUT2D eigenvalue weighted by molar-refractivity contribution is 5.99. The van der Waals surface area contributed by atoms with Crippen LogP contribution in [0.15, 0.2) is 38.6 Å². The maximum Gasteiger partial charge on any atom is 0.328 e. The molecular weight excluding hydrogens is 392 g/mol. The number of ether oxygens (including phenoxy) is 1. The van der Waals surface area contributed by atoms with Crippen LogP contribution in [0.25, 0.3) is 0 Å². The Morgan fingerprint density at radius 2 is 2.07 bits per heavy atom. The zero-order valence-corrected chi connectivity index (χ0v) is 16.1. The second kappa shape index (κ2) is 7.59. The number of aliphatic hydroxyl groups excluding tert-OH is 2. The van der Waals surface area contributed by atoms with Crippen molar-refractivity contribution in [3.63, 3.8) is 0 Å². The van der Waals surface area contributed by atoms with Crippen molar-refractivity contribution in [3.05, 3.63) is 55.4 Å². The summed E-state index contributed by atoms with van der Waals surface area (Å²) in [6, 6.07) is 1.50. The van der Waals surface area contributed by atoms with Gasteiger partial charge in [-0.3, -0.25) is 19.1 Å². The van der Waals surface area contributed by atoms with Crippen LogP contribution in [-0.2, 0) is 9.53 Å². The number of nitrogens with two attached hydrogens (primary N) is 1. The third-order valence-corrected chi connectivity index (χ3v) is 6.17. The number of H-pyrrole nitrogens is 1. The molecule has 3 aliphatic rings. The Bertz CT molecular complexity index is 1120. The van der Waals surface area contributed by atoms with E-state index in [0.717, 1.165) is 0 Å². The summed E-state index contributed by atoms with van der Waals surface area (Å²) >= 11 is 0. The number of carbonyl (C=O) groups is 1. The zero-order chi connectivity index (χ0) is 21.6. The molecule has 0 radical (unpaired) electrons. The molecule has 0 saturated heterocycles. The van der Waals surface area contributed by atoms with Crippen molar-refractivity contribution in [2.24, 2.45) is 11.7 Å². The monoisotopic (exact) mass is 414 g/mol. The predicted molar refractivity (Wildman–Crippen MR) is 103 cm³/mol. The first-order valence-corrected chi connectivity index (χ1v) is 9.83. The van der Waals surface area contributed by atoms with Gasteiger partial charge >= 0.3 is 5.69 Å². The van der Waals surface area contributed by atoms with Gasteiger partial charge in [0.05, 0.1) is 12.0 Å². The molecule has 0 aromatic carbocycles. The number of rotatable bonds is 3. The molecule has 1 aromatic rings. The van der Waals surface area contributed by atoms with Crippen LogP contribution >= 0.6 is 0 Å². The Labute approximate surface area is 170 Å². The Morgan fingerprint density at radius 3 is 2.73 bits per heavy atom. The fraction of sp³-hybridized carbons (Fsp3) is 0.500. The summed E-state index contributed by atoms with van der Waals surface area (Å²) in [7, 11) is 0. The SMILES string of the molecule is N#CC1=C(N)OC2=C(C(=O)CCC2)C1c1cn(C2CC(O)C(CO)C2)c(=O)[nH]c1=O. The van der Waals surface area contributed by atoms with Crippen LogP contribution < -0.4 is 17.0 Å². The first-order valence-electron chi connectivity index (χ1n) is 9.83. The van der Waals surface area contributed by atoms with Crippen LogP contribution in [0.3, 0.4) is 0 Å². The van der Waals surface area contributed by atoms with Gasteiger partial charge in [-0.1, -0.05) is 0 Å². The van der Waals surface area contributed by atoms with Crippen LogP contribution in [0.1, 0.15) is 49.6 Å². The number of ketones is 1. The lowest BCUT2D eigenvalue weighted by Crippen LogP contribution is -2.37. The molecule has 0 spiro atoms. The Hall–Kier alpha value is -3.16. The van der Waals surface area contributed by atoms with E-state index >= 15 is 0 Å². The van der Waals surface area contributed by atoms with Crippen LogP contribution in [-0.4, -0.2) is 38.3 Å². The second-order valence-electron chi connectivity index (χ2n) is 7.92. The largest absolute Gasteiger partial charge is 0.444 e. The Kier molecular flexibility index (Phi) is 5.09. The van der Waals surface area contributed by atoms with Gasteiger partial charge in [-0.2, -0.15) is 5.26 Å². The van der Waals surface area contributed by atoms with Crippen molar-refractivity contribution < 1.29 is 19.7 Å². The van der Waals surface area contributed by atoms with Gasteiger partial charge in [0, 0.05) is 48.7 Å². The van der Waals surface area contributed by atoms with Crippen molar-refractivity contribution in [1.29, 1.82) is 5.26 Å². The van der Waals surface area contributed by atoms with Crippen LogP contribution in [0, 0.1) is 17.2 Å². The molecule has 4 unspecified atom stereocenters. The molecule has 1 aliphatic heterocycles. The number of nitrogens with zero attached hydrogens (tertiary/aromatic N) is 2. The fourth-order valence-electron chi connectivity index (χ4n) is 4.64. The molecule has 2 aliphatic carbocycles. The van der Waals surface area contributed by atoms with Crippen molar-refractivity contribution >= 4 is 5.78 Å². The fourth-order valence-corrected chi connectivity index (χ4v) is 4.64. The molecule has 1 aromatic heterocycles. The van der Waals surface area contributed by atoms with E-state index in [4.69, 9.17) is 10.5 Å². The van der Waals surface area contributed by atoms with Crippen molar-refractivity contribution in [3.8, 4) is 6.07 Å². The first-order chi connectivity index (χ1) is 14.3. The first kappa shape index (κ1) is 20.1. The van der Waals surface area contributed by atoms with E-state index in [1.807, 2.05) is 6.07 Å². The molecule has 10 nitrogen and oxygen atoms in total. The lowest BCUT2D eigenvalue weighted by Gasteiger charge is -2.30. The summed E-state index contributed by atoms with van der Waals surface area (Å²) in [5.74, 6) is -1.44. The third kappa shape index (κ3) is 3.16. The summed E-state index contributed by atoms with van der Waals surface area (Å²) in [5, 5.41) is 29.2. The van der Waals surface area contributed by atoms with Gasteiger partial charge in [-0.25, -0.2) is 4.79 Å². The van der Waals surface area contributed by atoms with Crippen LogP contribution in [0.4, 0.5) is 0 Å². The number of hydrogen-bond acceptors (Lipinski definition) is 8. The van der Waals surface area contributed by atoms with Gasteiger partial charge in [-0.15, -0.1) is 0 Å². The Balaban J connectivity index is 1.86. The smallest absolute Gasteiger partial charge is 0.328 e. The van der Waals surface area contributed by atoms with Gasteiger partial charge in [0.2, 0.25) is 5.88 Å². The van der Waals surface area contributed by atoms with E-state index in [2.05, 4.69) is 4.98 Å². The molecule has 10 heteroatoms. The number of aromatic amines is 1. The Morgan fingerprint density at radius 1 is 1.30 bits per heavy atom.